The number of aromatic nitrogens is 4. The SMILES string of the molecule is Cc1cccc(-n2nc(C)c(CNC(=O)c3cc(NC(=O)c4cc(F)c(F)cc4Cl)n[nH]3)c2C)c1. The van der Waals surface area contributed by atoms with Crippen molar-refractivity contribution >= 4 is 29.2 Å². The first-order chi connectivity index (χ1) is 16.6. The Bertz CT molecular complexity index is 1450. The molecule has 0 saturated heterocycles. The summed E-state index contributed by atoms with van der Waals surface area (Å²) in [5, 5.41) is 15.9. The lowest BCUT2D eigenvalue weighted by molar-refractivity contribution is 0.0945. The molecule has 0 aliphatic carbocycles. The molecule has 0 radical (unpaired) electrons. The number of hydrogen-bond acceptors (Lipinski definition) is 4. The van der Waals surface area contributed by atoms with Gasteiger partial charge in [0.2, 0.25) is 0 Å². The summed E-state index contributed by atoms with van der Waals surface area (Å²) in [6.07, 6.45) is 0. The van der Waals surface area contributed by atoms with E-state index in [0.29, 0.717) is 12.1 Å². The van der Waals surface area contributed by atoms with Gasteiger partial charge >= 0.3 is 0 Å². The van der Waals surface area contributed by atoms with Gasteiger partial charge in [0.25, 0.3) is 11.8 Å². The standard InChI is InChI=1S/C24H21ClF2N6O2/c1-12-5-4-6-15(7-12)33-14(3)17(13(2)32-33)11-28-24(35)21-10-22(31-30-21)29-23(34)16-8-19(26)20(27)9-18(16)25/h4-10H,11H2,1-3H3,(H,28,35)(H2,29,30,31,34). The Labute approximate surface area is 204 Å². The molecule has 180 valence electrons. The molecule has 2 heterocycles. The Balaban J connectivity index is 1.43. The van der Waals surface area contributed by atoms with Crippen molar-refractivity contribution in [3.05, 3.63) is 92.9 Å². The lowest BCUT2D eigenvalue weighted by Crippen LogP contribution is -2.23. The quantitative estimate of drug-likeness (QED) is 0.337. The van der Waals surface area contributed by atoms with Crippen LogP contribution in [0.1, 0.15) is 43.4 Å². The van der Waals surface area contributed by atoms with E-state index in [4.69, 9.17) is 11.6 Å². The van der Waals surface area contributed by atoms with E-state index >= 15 is 0 Å². The Morgan fingerprint density at radius 3 is 2.54 bits per heavy atom. The third kappa shape index (κ3) is 5.07. The Morgan fingerprint density at radius 2 is 1.80 bits per heavy atom. The minimum absolute atomic E-state index is 0.0144. The first-order valence-electron chi connectivity index (χ1n) is 10.6. The minimum Gasteiger partial charge on any atom is -0.347 e. The van der Waals surface area contributed by atoms with Crippen molar-refractivity contribution in [2.75, 3.05) is 5.32 Å². The van der Waals surface area contributed by atoms with Crippen LogP contribution in [0, 0.1) is 32.4 Å². The molecule has 3 N–H and O–H groups in total. The van der Waals surface area contributed by atoms with E-state index in [-0.39, 0.29) is 28.6 Å². The topological polar surface area (TPSA) is 105 Å². The maximum absolute atomic E-state index is 13.5. The van der Waals surface area contributed by atoms with E-state index in [9.17, 15) is 18.4 Å². The molecule has 0 fully saturated rings. The summed E-state index contributed by atoms with van der Waals surface area (Å²) in [5.41, 5.74) is 4.42. The van der Waals surface area contributed by atoms with Gasteiger partial charge in [-0.25, -0.2) is 13.5 Å². The molecule has 0 aliphatic heterocycles. The average molecular weight is 499 g/mol. The number of nitrogens with one attached hydrogen (secondary N) is 3. The average Bonchev–Trinajstić information content (AvgIpc) is 3.38. The fourth-order valence-electron chi connectivity index (χ4n) is 3.59. The number of nitrogens with zero attached hydrogens (tertiary/aromatic N) is 3. The Morgan fingerprint density at radius 1 is 1.06 bits per heavy atom. The third-order valence-electron chi connectivity index (χ3n) is 5.43. The van der Waals surface area contributed by atoms with Gasteiger partial charge in [0.1, 0.15) is 5.69 Å². The van der Waals surface area contributed by atoms with Gasteiger partial charge in [-0.15, -0.1) is 0 Å². The lowest BCUT2D eigenvalue weighted by Gasteiger charge is -2.07. The molecule has 0 bridgehead atoms. The zero-order valence-electron chi connectivity index (χ0n) is 19.0. The number of aromatic amines is 1. The van der Waals surface area contributed by atoms with Gasteiger partial charge in [-0.3, -0.25) is 14.7 Å². The maximum atomic E-state index is 13.5. The van der Waals surface area contributed by atoms with Gasteiger partial charge in [0, 0.05) is 23.9 Å². The van der Waals surface area contributed by atoms with Crippen molar-refractivity contribution in [3.8, 4) is 5.69 Å². The summed E-state index contributed by atoms with van der Waals surface area (Å²) in [6, 6.07) is 10.7. The smallest absolute Gasteiger partial charge is 0.269 e. The van der Waals surface area contributed by atoms with Crippen molar-refractivity contribution in [1.29, 1.82) is 0 Å². The molecule has 4 rings (SSSR count). The van der Waals surface area contributed by atoms with E-state index in [0.717, 1.165) is 28.2 Å². The first-order valence-corrected chi connectivity index (χ1v) is 10.9. The summed E-state index contributed by atoms with van der Waals surface area (Å²) in [7, 11) is 0. The molecule has 4 aromatic rings. The largest absolute Gasteiger partial charge is 0.347 e. The highest BCUT2D eigenvalue weighted by Crippen LogP contribution is 2.22. The normalized spacial score (nSPS) is 10.9. The van der Waals surface area contributed by atoms with Crippen LogP contribution >= 0.6 is 11.6 Å². The Hall–Kier alpha value is -4.05. The molecular formula is C24H21ClF2N6O2. The Kier molecular flexibility index (Phi) is 6.65. The lowest BCUT2D eigenvalue weighted by atomic mass is 10.2. The van der Waals surface area contributed by atoms with Gasteiger partial charge in [-0.05, 0) is 50.6 Å². The highest BCUT2D eigenvalue weighted by atomic mass is 35.5. The van der Waals surface area contributed by atoms with Crippen LogP contribution in [0.3, 0.4) is 0 Å². The molecule has 2 aromatic carbocycles. The minimum atomic E-state index is -1.21. The predicted molar refractivity (Wildman–Crippen MR) is 127 cm³/mol. The van der Waals surface area contributed by atoms with Crippen molar-refractivity contribution in [3.63, 3.8) is 0 Å². The molecule has 0 atom stereocenters. The van der Waals surface area contributed by atoms with Gasteiger partial charge in [-0.1, -0.05) is 23.7 Å². The second-order valence-electron chi connectivity index (χ2n) is 7.95. The van der Waals surface area contributed by atoms with Crippen LogP contribution in [0.5, 0.6) is 0 Å². The van der Waals surface area contributed by atoms with E-state index in [1.54, 1.807) is 0 Å². The van der Waals surface area contributed by atoms with Crippen LogP contribution in [-0.4, -0.2) is 31.8 Å². The van der Waals surface area contributed by atoms with Gasteiger partial charge in [0.05, 0.1) is 22.0 Å². The molecule has 2 aromatic heterocycles. The molecule has 35 heavy (non-hydrogen) atoms. The third-order valence-corrected chi connectivity index (χ3v) is 5.74. The summed E-state index contributed by atoms with van der Waals surface area (Å²) in [5.74, 6) is -3.62. The fraction of sp³-hybridized carbons (Fsp3) is 0.167. The van der Waals surface area contributed by atoms with E-state index in [1.165, 1.54) is 6.07 Å². The van der Waals surface area contributed by atoms with Crippen molar-refractivity contribution in [2.45, 2.75) is 27.3 Å². The van der Waals surface area contributed by atoms with Crippen LogP contribution in [0.2, 0.25) is 5.02 Å². The highest BCUT2D eigenvalue weighted by molar-refractivity contribution is 6.34. The summed E-state index contributed by atoms with van der Waals surface area (Å²) in [6.45, 7) is 6.03. The second kappa shape index (κ2) is 9.67. The number of hydrogen-bond donors (Lipinski definition) is 3. The van der Waals surface area contributed by atoms with Crippen molar-refractivity contribution in [1.82, 2.24) is 25.3 Å². The van der Waals surface area contributed by atoms with Crippen LogP contribution < -0.4 is 10.6 Å². The van der Waals surface area contributed by atoms with Crippen LogP contribution in [0.25, 0.3) is 5.69 Å². The number of carbonyl (C=O) groups is 2. The van der Waals surface area contributed by atoms with Gasteiger partial charge in [0.15, 0.2) is 17.5 Å². The number of rotatable bonds is 6. The van der Waals surface area contributed by atoms with E-state index in [2.05, 4.69) is 25.9 Å². The number of aryl methyl sites for hydroxylation is 2. The molecule has 2 amide bonds. The summed E-state index contributed by atoms with van der Waals surface area (Å²) >= 11 is 5.83. The highest BCUT2D eigenvalue weighted by Gasteiger charge is 2.18. The zero-order chi connectivity index (χ0) is 25.3. The van der Waals surface area contributed by atoms with Gasteiger partial charge in [-0.2, -0.15) is 10.2 Å². The predicted octanol–water partition coefficient (Wildman–Crippen LogP) is 4.63. The fourth-order valence-corrected chi connectivity index (χ4v) is 3.82. The molecule has 11 heteroatoms. The van der Waals surface area contributed by atoms with Gasteiger partial charge < -0.3 is 10.6 Å². The van der Waals surface area contributed by atoms with Crippen LogP contribution in [0.4, 0.5) is 14.6 Å². The monoisotopic (exact) mass is 498 g/mol. The molecule has 0 saturated carbocycles. The molecule has 0 aliphatic rings. The molecular weight excluding hydrogens is 478 g/mol. The number of halogens is 3. The summed E-state index contributed by atoms with van der Waals surface area (Å²) < 4.78 is 28.5. The molecule has 0 spiro atoms. The number of H-pyrrole nitrogens is 1. The maximum Gasteiger partial charge on any atom is 0.269 e. The van der Waals surface area contributed by atoms with E-state index < -0.39 is 23.4 Å². The molecule has 8 nitrogen and oxygen atoms in total. The van der Waals surface area contributed by atoms with E-state index in [1.807, 2.05) is 49.7 Å². The first kappa shape index (κ1) is 24.1. The van der Waals surface area contributed by atoms with Crippen LogP contribution in [0.15, 0.2) is 42.5 Å². The number of amides is 2. The summed E-state index contributed by atoms with van der Waals surface area (Å²) in [4.78, 5) is 25.0. The van der Waals surface area contributed by atoms with Crippen molar-refractivity contribution < 1.29 is 18.4 Å². The second-order valence-corrected chi connectivity index (χ2v) is 8.36. The number of benzene rings is 2. The van der Waals surface area contributed by atoms with Crippen molar-refractivity contribution in [2.24, 2.45) is 0 Å². The zero-order valence-corrected chi connectivity index (χ0v) is 19.8. The number of anilines is 1. The number of carbonyl (C=O) groups excluding carboxylic acids is 2. The molecule has 0 unspecified atom stereocenters. The van der Waals surface area contributed by atoms with Crippen LogP contribution in [-0.2, 0) is 6.54 Å².